The fourth-order valence-electron chi connectivity index (χ4n) is 6.29. The van der Waals surface area contributed by atoms with Crippen LogP contribution in [0.5, 0.6) is 0 Å². The van der Waals surface area contributed by atoms with Crippen LogP contribution in [-0.4, -0.2) is 88.0 Å². The van der Waals surface area contributed by atoms with Gasteiger partial charge in [0.25, 0.3) is 5.92 Å². The monoisotopic (exact) mass is 493 g/mol. The summed E-state index contributed by atoms with van der Waals surface area (Å²) in [4.78, 5) is 24.4. The summed E-state index contributed by atoms with van der Waals surface area (Å²) in [6.07, 6.45) is 4.80. The Hall–Kier alpha value is -1.61. The van der Waals surface area contributed by atoms with Crippen LogP contribution in [0.25, 0.3) is 0 Å². The number of nitrogens with zero attached hydrogens (tertiary/aromatic N) is 5. The molecule has 2 atom stereocenters. The van der Waals surface area contributed by atoms with Crippen molar-refractivity contribution in [3.8, 4) is 0 Å². The maximum absolute atomic E-state index is 15.2. The van der Waals surface area contributed by atoms with Crippen molar-refractivity contribution in [1.82, 2.24) is 24.8 Å². The first-order valence-corrected chi connectivity index (χ1v) is 13.6. The lowest BCUT2D eigenvalue weighted by atomic mass is 9.77. The molecule has 2 saturated heterocycles. The van der Waals surface area contributed by atoms with E-state index in [1.54, 1.807) is 4.90 Å². The van der Waals surface area contributed by atoms with E-state index in [0.29, 0.717) is 31.5 Å². The molecular weight excluding hydrogens is 452 g/mol. The Balaban J connectivity index is 1.20. The van der Waals surface area contributed by atoms with Gasteiger partial charge in [-0.3, -0.25) is 14.6 Å². The number of hydrogen-bond donors (Lipinski definition) is 0. The topological polar surface area (TPSA) is 65.7 Å². The minimum Gasteiger partial charge on any atom is -0.343 e. The summed E-state index contributed by atoms with van der Waals surface area (Å²) < 4.78 is 35.8. The molecule has 0 bridgehead atoms. The molecule has 4 fully saturated rings. The van der Waals surface area contributed by atoms with Crippen molar-refractivity contribution in [1.29, 1.82) is 0 Å². The first kappa shape index (κ1) is 25.1. The number of piperazine rings is 1. The van der Waals surface area contributed by atoms with E-state index in [0.717, 1.165) is 70.0 Å². The molecule has 7 nitrogen and oxygen atoms in total. The minimum absolute atomic E-state index is 0.0627. The van der Waals surface area contributed by atoms with Crippen LogP contribution in [0.3, 0.4) is 0 Å². The summed E-state index contributed by atoms with van der Waals surface area (Å²) in [5.41, 5.74) is -0.235. The maximum atomic E-state index is 15.2. The summed E-state index contributed by atoms with van der Waals surface area (Å²) in [5, 5.41) is 4.24. The maximum Gasteiger partial charge on any atom is 0.252 e. The number of halogens is 2. The van der Waals surface area contributed by atoms with Crippen LogP contribution in [0.15, 0.2) is 4.52 Å². The number of likely N-dealkylation sites (tertiary alicyclic amines) is 1. The highest BCUT2D eigenvalue weighted by Gasteiger charge is 2.50. The molecule has 196 valence electrons. The molecule has 0 spiro atoms. The highest BCUT2D eigenvalue weighted by Crippen LogP contribution is 2.44. The van der Waals surface area contributed by atoms with Crippen molar-refractivity contribution in [2.75, 3.05) is 39.3 Å². The average Bonchev–Trinajstić information content (AvgIpc) is 3.56. The first-order chi connectivity index (χ1) is 16.7. The lowest BCUT2D eigenvalue weighted by molar-refractivity contribution is -0.151. The molecular formula is C26H41F2N5O2. The van der Waals surface area contributed by atoms with Crippen molar-refractivity contribution in [3.63, 3.8) is 0 Å². The molecule has 1 unspecified atom stereocenters. The zero-order valence-corrected chi connectivity index (χ0v) is 21.5. The van der Waals surface area contributed by atoms with Crippen LogP contribution in [0.2, 0.25) is 0 Å². The Labute approximate surface area is 207 Å². The lowest BCUT2D eigenvalue weighted by Gasteiger charge is -2.47. The Bertz CT molecular complexity index is 886. The van der Waals surface area contributed by atoms with Crippen LogP contribution in [0.4, 0.5) is 8.78 Å². The number of amides is 1. The molecule has 0 N–H and O–H groups in total. The summed E-state index contributed by atoms with van der Waals surface area (Å²) in [6, 6.07) is 0.257. The molecule has 35 heavy (non-hydrogen) atoms. The summed E-state index contributed by atoms with van der Waals surface area (Å²) in [7, 11) is 0. The second-order valence-corrected chi connectivity index (χ2v) is 11.9. The molecule has 5 rings (SSSR count). The van der Waals surface area contributed by atoms with E-state index in [1.807, 2.05) is 0 Å². The highest BCUT2D eigenvalue weighted by atomic mass is 19.3. The Morgan fingerprint density at radius 1 is 1.06 bits per heavy atom. The van der Waals surface area contributed by atoms with E-state index < -0.39 is 11.8 Å². The zero-order chi connectivity index (χ0) is 24.8. The molecule has 1 amide bonds. The van der Waals surface area contributed by atoms with E-state index in [4.69, 9.17) is 4.52 Å². The molecule has 3 heterocycles. The molecule has 2 saturated carbocycles. The second kappa shape index (κ2) is 9.69. The van der Waals surface area contributed by atoms with Crippen molar-refractivity contribution >= 4 is 5.91 Å². The number of aromatic nitrogens is 2. The van der Waals surface area contributed by atoms with Gasteiger partial charge >= 0.3 is 0 Å². The number of alkyl halides is 2. The van der Waals surface area contributed by atoms with Crippen molar-refractivity contribution in [3.05, 3.63) is 11.7 Å². The molecule has 1 aromatic heterocycles. The highest BCUT2D eigenvalue weighted by molar-refractivity contribution is 5.76. The fraction of sp³-hybridized carbons (Fsp3) is 0.885. The van der Waals surface area contributed by atoms with Gasteiger partial charge in [0.15, 0.2) is 5.82 Å². The van der Waals surface area contributed by atoms with Crippen LogP contribution in [0.1, 0.15) is 89.8 Å². The van der Waals surface area contributed by atoms with Gasteiger partial charge in [-0.2, -0.15) is 4.98 Å². The Kier molecular flexibility index (Phi) is 6.94. The quantitative estimate of drug-likeness (QED) is 0.596. The standard InChI is InChI=1S/C26H41F2N5O2/c1-18(2)31-13-15-32(16-14-31)21-5-4-8-26(27,28)20(21)17-22(34)33-11-9-25(3,10-12-33)24-29-23(35-30-24)19-6-7-19/h18-21H,4-17H2,1-3H3/t20-,21?/m1/s1. The first-order valence-electron chi connectivity index (χ1n) is 13.6. The summed E-state index contributed by atoms with van der Waals surface area (Å²) in [6.45, 7) is 11.0. The molecule has 0 aromatic carbocycles. The van der Waals surface area contributed by atoms with E-state index >= 15 is 8.78 Å². The van der Waals surface area contributed by atoms with Gasteiger partial charge in [0.05, 0.1) is 0 Å². The Morgan fingerprint density at radius 3 is 2.37 bits per heavy atom. The van der Waals surface area contributed by atoms with Gasteiger partial charge in [0.2, 0.25) is 11.8 Å². The molecule has 2 aliphatic carbocycles. The SMILES string of the molecule is CC(C)N1CCN(C2CCCC(F)(F)[C@@H]2CC(=O)N2CCC(C)(c3noc(C4CC4)n3)CC2)CC1. The predicted molar refractivity (Wildman–Crippen MR) is 128 cm³/mol. The molecule has 1 aromatic rings. The van der Waals surface area contributed by atoms with Crippen LogP contribution in [-0.2, 0) is 10.2 Å². The van der Waals surface area contributed by atoms with E-state index in [-0.39, 0.29) is 30.2 Å². The van der Waals surface area contributed by atoms with Gasteiger partial charge in [0, 0.05) is 81.4 Å². The average molecular weight is 494 g/mol. The van der Waals surface area contributed by atoms with Gasteiger partial charge in [0.1, 0.15) is 0 Å². The van der Waals surface area contributed by atoms with Gasteiger partial charge in [-0.05, 0) is 52.4 Å². The molecule has 0 radical (unpaired) electrons. The molecule has 9 heteroatoms. The number of carbonyl (C=O) groups is 1. The zero-order valence-electron chi connectivity index (χ0n) is 21.5. The fourth-order valence-corrected chi connectivity index (χ4v) is 6.29. The largest absolute Gasteiger partial charge is 0.343 e. The number of piperidine rings is 1. The van der Waals surface area contributed by atoms with E-state index in [2.05, 4.69) is 40.7 Å². The van der Waals surface area contributed by atoms with Crippen LogP contribution < -0.4 is 0 Å². The van der Waals surface area contributed by atoms with Gasteiger partial charge in [-0.15, -0.1) is 0 Å². The number of hydrogen-bond acceptors (Lipinski definition) is 6. The molecule has 2 aliphatic heterocycles. The van der Waals surface area contributed by atoms with E-state index in [1.165, 1.54) is 0 Å². The van der Waals surface area contributed by atoms with Gasteiger partial charge in [-0.25, -0.2) is 8.78 Å². The van der Waals surface area contributed by atoms with Crippen LogP contribution >= 0.6 is 0 Å². The molecule has 4 aliphatic rings. The second-order valence-electron chi connectivity index (χ2n) is 11.9. The van der Waals surface area contributed by atoms with Crippen molar-refractivity contribution < 1.29 is 18.1 Å². The smallest absolute Gasteiger partial charge is 0.252 e. The third kappa shape index (κ3) is 5.26. The van der Waals surface area contributed by atoms with Gasteiger partial charge < -0.3 is 9.42 Å². The normalized spacial score (nSPS) is 30.1. The predicted octanol–water partition coefficient (Wildman–Crippen LogP) is 4.05. The third-order valence-electron chi connectivity index (χ3n) is 9.09. The lowest BCUT2D eigenvalue weighted by Crippen LogP contribution is -2.58. The van der Waals surface area contributed by atoms with E-state index in [9.17, 15) is 4.79 Å². The Morgan fingerprint density at radius 2 is 1.74 bits per heavy atom. The summed E-state index contributed by atoms with van der Waals surface area (Å²) in [5.74, 6) is -1.94. The summed E-state index contributed by atoms with van der Waals surface area (Å²) >= 11 is 0. The van der Waals surface area contributed by atoms with Gasteiger partial charge in [-0.1, -0.05) is 12.1 Å². The minimum atomic E-state index is -2.79. The number of carbonyl (C=O) groups excluding carboxylic acids is 1. The van der Waals surface area contributed by atoms with Crippen molar-refractivity contribution in [2.24, 2.45) is 5.92 Å². The van der Waals surface area contributed by atoms with Crippen molar-refractivity contribution in [2.45, 2.75) is 101 Å². The van der Waals surface area contributed by atoms with Crippen LogP contribution in [0, 0.1) is 5.92 Å². The number of rotatable bonds is 6. The third-order valence-corrected chi connectivity index (χ3v) is 9.09.